The molecule has 0 aromatic heterocycles. The molecule has 2 rings (SSSR count). The average Bonchev–Trinajstić information content (AvgIpc) is 2.30. The maximum Gasteiger partial charge on any atom is 0.0902 e. The fourth-order valence-corrected chi connectivity index (χ4v) is 2.36. The molecule has 0 fully saturated rings. The van der Waals surface area contributed by atoms with Gasteiger partial charge in [0.05, 0.1) is 5.60 Å². The standard InChI is InChI=1S/C12H16O/c1-8-9(2)12(3,13)11-7-5-4-6-10(8)11/h4-9,13H,1-3H3/t8-,9+,12-/m1/s1. The predicted octanol–water partition coefficient (Wildman–Crippen LogP) is 2.65. The smallest absolute Gasteiger partial charge is 0.0902 e. The molecule has 1 N–H and O–H groups in total. The molecule has 0 aliphatic heterocycles. The molecule has 13 heavy (non-hydrogen) atoms. The van der Waals surface area contributed by atoms with Gasteiger partial charge in [-0.15, -0.1) is 0 Å². The van der Waals surface area contributed by atoms with E-state index in [9.17, 15) is 5.11 Å². The van der Waals surface area contributed by atoms with E-state index in [2.05, 4.69) is 19.9 Å². The van der Waals surface area contributed by atoms with Crippen LogP contribution in [0.2, 0.25) is 0 Å². The summed E-state index contributed by atoms with van der Waals surface area (Å²) in [6.45, 7) is 6.22. The van der Waals surface area contributed by atoms with Crippen LogP contribution in [0.4, 0.5) is 0 Å². The molecule has 1 aliphatic carbocycles. The van der Waals surface area contributed by atoms with Crippen LogP contribution in [0.15, 0.2) is 24.3 Å². The largest absolute Gasteiger partial charge is 0.385 e. The second kappa shape index (κ2) is 2.58. The van der Waals surface area contributed by atoms with Gasteiger partial charge < -0.3 is 5.11 Å². The highest BCUT2D eigenvalue weighted by atomic mass is 16.3. The lowest BCUT2D eigenvalue weighted by Crippen LogP contribution is -2.25. The molecule has 0 bridgehead atoms. The summed E-state index contributed by atoms with van der Waals surface area (Å²) in [5.74, 6) is 0.774. The van der Waals surface area contributed by atoms with Crippen LogP contribution < -0.4 is 0 Å². The molecule has 0 amide bonds. The van der Waals surface area contributed by atoms with Gasteiger partial charge in [0.15, 0.2) is 0 Å². The number of aliphatic hydroxyl groups is 1. The Morgan fingerprint density at radius 1 is 1.23 bits per heavy atom. The third-order valence-electron chi connectivity index (χ3n) is 3.63. The van der Waals surface area contributed by atoms with Gasteiger partial charge in [0.1, 0.15) is 0 Å². The minimum atomic E-state index is -0.643. The SMILES string of the molecule is C[C@H]1c2ccccc2[C@](C)(O)[C@H]1C. The summed E-state index contributed by atoms with van der Waals surface area (Å²) in [5.41, 5.74) is 1.77. The third-order valence-corrected chi connectivity index (χ3v) is 3.63. The van der Waals surface area contributed by atoms with Crippen LogP contribution in [0.25, 0.3) is 0 Å². The van der Waals surface area contributed by atoms with Crippen LogP contribution in [-0.2, 0) is 5.60 Å². The van der Waals surface area contributed by atoms with Gasteiger partial charge in [-0.05, 0) is 29.9 Å². The van der Waals surface area contributed by atoms with Crippen LogP contribution in [0.1, 0.15) is 37.8 Å². The predicted molar refractivity (Wildman–Crippen MR) is 53.6 cm³/mol. The van der Waals surface area contributed by atoms with Gasteiger partial charge in [-0.1, -0.05) is 38.1 Å². The molecule has 1 aromatic rings. The van der Waals surface area contributed by atoms with Crippen molar-refractivity contribution in [2.24, 2.45) is 5.92 Å². The Labute approximate surface area is 79.4 Å². The Morgan fingerprint density at radius 3 is 2.46 bits per heavy atom. The molecule has 1 heteroatoms. The van der Waals surface area contributed by atoms with E-state index in [-0.39, 0.29) is 0 Å². The van der Waals surface area contributed by atoms with Crippen molar-refractivity contribution in [2.45, 2.75) is 32.3 Å². The molecule has 0 saturated carbocycles. The fraction of sp³-hybridized carbons (Fsp3) is 0.500. The molecule has 0 radical (unpaired) electrons. The summed E-state index contributed by atoms with van der Waals surface area (Å²) in [4.78, 5) is 0. The molecule has 0 heterocycles. The molecule has 0 unspecified atom stereocenters. The zero-order valence-electron chi connectivity index (χ0n) is 8.41. The van der Waals surface area contributed by atoms with E-state index in [1.807, 2.05) is 25.1 Å². The first-order chi connectivity index (χ1) is 6.05. The van der Waals surface area contributed by atoms with Gasteiger partial charge in [0, 0.05) is 0 Å². The number of benzene rings is 1. The Bertz CT molecular complexity index is 328. The number of hydrogen-bond acceptors (Lipinski definition) is 1. The van der Waals surface area contributed by atoms with Crippen molar-refractivity contribution in [3.8, 4) is 0 Å². The summed E-state index contributed by atoms with van der Waals surface area (Å²) in [6.07, 6.45) is 0. The van der Waals surface area contributed by atoms with Crippen molar-refractivity contribution >= 4 is 0 Å². The Morgan fingerprint density at radius 2 is 1.85 bits per heavy atom. The van der Waals surface area contributed by atoms with E-state index in [4.69, 9.17) is 0 Å². The Kier molecular flexibility index (Phi) is 1.74. The highest BCUT2D eigenvalue weighted by Crippen LogP contribution is 2.48. The topological polar surface area (TPSA) is 20.2 Å². The van der Waals surface area contributed by atoms with Gasteiger partial charge in [-0.3, -0.25) is 0 Å². The Balaban J connectivity index is 2.61. The highest BCUT2D eigenvalue weighted by Gasteiger charge is 2.42. The molecular weight excluding hydrogens is 160 g/mol. The molecule has 1 aromatic carbocycles. The van der Waals surface area contributed by atoms with E-state index in [0.717, 1.165) is 5.56 Å². The van der Waals surface area contributed by atoms with E-state index >= 15 is 0 Å². The second-order valence-corrected chi connectivity index (χ2v) is 4.31. The highest BCUT2D eigenvalue weighted by molar-refractivity contribution is 5.40. The van der Waals surface area contributed by atoms with Gasteiger partial charge >= 0.3 is 0 Å². The van der Waals surface area contributed by atoms with Crippen LogP contribution in [0, 0.1) is 5.92 Å². The summed E-state index contributed by atoms with van der Waals surface area (Å²) in [5, 5.41) is 10.3. The molecule has 70 valence electrons. The summed E-state index contributed by atoms with van der Waals surface area (Å²) in [7, 11) is 0. The molecular formula is C12H16O. The summed E-state index contributed by atoms with van der Waals surface area (Å²) in [6, 6.07) is 8.20. The maximum absolute atomic E-state index is 10.3. The summed E-state index contributed by atoms with van der Waals surface area (Å²) >= 11 is 0. The van der Waals surface area contributed by atoms with Crippen LogP contribution >= 0.6 is 0 Å². The van der Waals surface area contributed by atoms with Crippen molar-refractivity contribution < 1.29 is 5.11 Å². The lowest BCUT2D eigenvalue weighted by molar-refractivity contribution is 0.00827. The summed E-state index contributed by atoms with van der Waals surface area (Å²) < 4.78 is 0. The number of hydrogen-bond donors (Lipinski definition) is 1. The second-order valence-electron chi connectivity index (χ2n) is 4.31. The van der Waals surface area contributed by atoms with Crippen molar-refractivity contribution in [1.29, 1.82) is 0 Å². The minimum absolute atomic E-state index is 0.310. The van der Waals surface area contributed by atoms with E-state index in [1.165, 1.54) is 5.56 Å². The minimum Gasteiger partial charge on any atom is -0.385 e. The molecule has 0 spiro atoms. The van der Waals surface area contributed by atoms with Crippen molar-refractivity contribution in [2.75, 3.05) is 0 Å². The van der Waals surface area contributed by atoms with Crippen molar-refractivity contribution in [3.05, 3.63) is 35.4 Å². The van der Waals surface area contributed by atoms with Crippen LogP contribution in [0.3, 0.4) is 0 Å². The van der Waals surface area contributed by atoms with Crippen molar-refractivity contribution in [1.82, 2.24) is 0 Å². The van der Waals surface area contributed by atoms with Crippen LogP contribution in [0.5, 0.6) is 0 Å². The first-order valence-electron chi connectivity index (χ1n) is 4.87. The molecule has 3 atom stereocenters. The van der Waals surface area contributed by atoms with Crippen molar-refractivity contribution in [3.63, 3.8) is 0 Å². The quantitative estimate of drug-likeness (QED) is 0.644. The normalized spacial score (nSPS) is 37.5. The van der Waals surface area contributed by atoms with E-state index < -0.39 is 5.60 Å². The molecule has 0 saturated heterocycles. The third kappa shape index (κ3) is 1.03. The van der Waals surface area contributed by atoms with Gasteiger partial charge in [0.25, 0.3) is 0 Å². The zero-order valence-corrected chi connectivity index (χ0v) is 8.41. The Hall–Kier alpha value is -0.820. The maximum atomic E-state index is 10.3. The van der Waals surface area contributed by atoms with Gasteiger partial charge in [-0.2, -0.15) is 0 Å². The van der Waals surface area contributed by atoms with Gasteiger partial charge in [-0.25, -0.2) is 0 Å². The first-order valence-corrected chi connectivity index (χ1v) is 4.87. The fourth-order valence-electron chi connectivity index (χ4n) is 2.36. The zero-order chi connectivity index (χ0) is 9.64. The first kappa shape index (κ1) is 8.76. The van der Waals surface area contributed by atoms with Gasteiger partial charge in [0.2, 0.25) is 0 Å². The lowest BCUT2D eigenvalue weighted by Gasteiger charge is -2.25. The lowest BCUT2D eigenvalue weighted by atomic mass is 9.87. The molecule has 1 nitrogen and oxygen atoms in total. The average molecular weight is 176 g/mol. The van der Waals surface area contributed by atoms with Crippen LogP contribution in [-0.4, -0.2) is 5.11 Å². The van der Waals surface area contributed by atoms with E-state index in [0.29, 0.717) is 11.8 Å². The monoisotopic (exact) mass is 176 g/mol. The molecule has 1 aliphatic rings. The number of fused-ring (bicyclic) bond motifs is 1. The van der Waals surface area contributed by atoms with E-state index in [1.54, 1.807) is 0 Å². The number of rotatable bonds is 0.